The van der Waals surface area contributed by atoms with Gasteiger partial charge in [0.15, 0.2) is 0 Å². The Hall–Kier alpha value is -1.67. The van der Waals surface area contributed by atoms with E-state index < -0.39 is 0 Å². The largest absolute Gasteiger partial charge is 0.395 e. The Balaban J connectivity index is 2.26. The van der Waals surface area contributed by atoms with E-state index in [1.165, 1.54) is 0 Å². The number of aliphatic hydroxyl groups is 1. The van der Waals surface area contributed by atoms with E-state index in [4.69, 9.17) is 15.6 Å². The molecule has 8 heteroatoms. The van der Waals surface area contributed by atoms with Crippen LogP contribution in [0.1, 0.15) is 13.8 Å². The Bertz CT molecular complexity index is 436. The molecule has 0 spiro atoms. The predicted octanol–water partition coefficient (Wildman–Crippen LogP) is -0.502. The summed E-state index contributed by atoms with van der Waals surface area (Å²) in [4.78, 5) is 16.8. The number of nitrogens with zero attached hydrogens (tertiary/aromatic N) is 5. The third-order valence-corrected chi connectivity index (χ3v) is 3.14. The summed E-state index contributed by atoms with van der Waals surface area (Å²) in [6, 6.07) is 0.168. The van der Waals surface area contributed by atoms with E-state index >= 15 is 0 Å². The van der Waals surface area contributed by atoms with Crippen LogP contribution in [-0.2, 0) is 4.74 Å². The van der Waals surface area contributed by atoms with Crippen molar-refractivity contribution in [3.63, 3.8) is 0 Å². The van der Waals surface area contributed by atoms with Gasteiger partial charge in [0.1, 0.15) is 0 Å². The number of morpholine rings is 1. The highest BCUT2D eigenvalue weighted by Crippen LogP contribution is 2.17. The van der Waals surface area contributed by atoms with Gasteiger partial charge in [0, 0.05) is 25.7 Å². The van der Waals surface area contributed by atoms with Crippen LogP contribution in [0.15, 0.2) is 0 Å². The molecule has 8 nitrogen and oxygen atoms in total. The van der Waals surface area contributed by atoms with E-state index in [2.05, 4.69) is 15.0 Å². The lowest BCUT2D eigenvalue weighted by atomic mass is 10.3. The molecule has 1 saturated heterocycles. The lowest BCUT2D eigenvalue weighted by molar-refractivity contribution is 0.122. The molecule has 2 heterocycles. The molecule has 0 aliphatic carbocycles. The van der Waals surface area contributed by atoms with Crippen LogP contribution in [0.3, 0.4) is 0 Å². The van der Waals surface area contributed by atoms with E-state index in [0.29, 0.717) is 31.7 Å². The maximum atomic E-state index is 9.16. The second-order valence-electron chi connectivity index (χ2n) is 4.90. The Kier molecular flexibility index (Phi) is 4.91. The Morgan fingerprint density at radius 3 is 2.60 bits per heavy atom. The second-order valence-corrected chi connectivity index (χ2v) is 4.90. The van der Waals surface area contributed by atoms with Gasteiger partial charge in [-0.15, -0.1) is 0 Å². The molecule has 0 amide bonds. The lowest BCUT2D eigenvalue weighted by Crippen LogP contribution is -2.39. The van der Waals surface area contributed by atoms with Gasteiger partial charge in [-0.1, -0.05) is 0 Å². The maximum absolute atomic E-state index is 9.16. The first kappa shape index (κ1) is 14.7. The van der Waals surface area contributed by atoms with Gasteiger partial charge in [-0.05, 0) is 13.8 Å². The summed E-state index contributed by atoms with van der Waals surface area (Å²) in [5.41, 5.74) is 5.79. The van der Waals surface area contributed by atoms with Gasteiger partial charge in [0.25, 0.3) is 0 Å². The van der Waals surface area contributed by atoms with Crippen molar-refractivity contribution in [3.05, 3.63) is 0 Å². The third-order valence-electron chi connectivity index (χ3n) is 3.14. The van der Waals surface area contributed by atoms with Crippen molar-refractivity contribution in [2.45, 2.75) is 19.9 Å². The van der Waals surface area contributed by atoms with Crippen LogP contribution in [0.25, 0.3) is 0 Å². The number of nitrogens with two attached hydrogens (primary N) is 1. The van der Waals surface area contributed by atoms with Crippen LogP contribution in [0.5, 0.6) is 0 Å². The van der Waals surface area contributed by atoms with E-state index in [1.54, 1.807) is 0 Å². The molecule has 0 radical (unpaired) electrons. The van der Waals surface area contributed by atoms with Gasteiger partial charge in [-0.2, -0.15) is 15.0 Å². The molecule has 112 valence electrons. The highest BCUT2D eigenvalue weighted by atomic mass is 16.5. The fourth-order valence-corrected chi connectivity index (χ4v) is 2.10. The summed E-state index contributed by atoms with van der Waals surface area (Å²) in [5.74, 6) is 1.27. The molecule has 1 aromatic heterocycles. The summed E-state index contributed by atoms with van der Waals surface area (Å²) in [7, 11) is 0. The zero-order valence-corrected chi connectivity index (χ0v) is 12.0. The summed E-state index contributed by atoms with van der Waals surface area (Å²) >= 11 is 0. The number of hydrogen-bond acceptors (Lipinski definition) is 8. The molecular formula is C12H22N6O2. The monoisotopic (exact) mass is 282 g/mol. The standard InChI is InChI=1S/C12H22N6O2/c1-9(2)18(3-6-19)12-15-10(13)14-11(16-12)17-4-7-20-8-5-17/h9,19H,3-8H2,1-2H3,(H2,13,14,15,16). The van der Waals surface area contributed by atoms with E-state index in [-0.39, 0.29) is 18.6 Å². The zero-order chi connectivity index (χ0) is 14.5. The quantitative estimate of drug-likeness (QED) is 0.745. The molecule has 0 atom stereocenters. The normalized spacial score (nSPS) is 15.7. The smallest absolute Gasteiger partial charge is 0.232 e. The van der Waals surface area contributed by atoms with E-state index in [1.807, 2.05) is 23.6 Å². The maximum Gasteiger partial charge on any atom is 0.232 e. The molecule has 0 saturated carbocycles. The van der Waals surface area contributed by atoms with Crippen molar-refractivity contribution < 1.29 is 9.84 Å². The number of rotatable bonds is 5. The van der Waals surface area contributed by atoms with Crippen molar-refractivity contribution >= 4 is 17.8 Å². The summed E-state index contributed by atoms with van der Waals surface area (Å²) < 4.78 is 5.32. The van der Waals surface area contributed by atoms with Crippen LogP contribution >= 0.6 is 0 Å². The SMILES string of the molecule is CC(C)N(CCO)c1nc(N)nc(N2CCOCC2)n1. The van der Waals surface area contributed by atoms with Crippen molar-refractivity contribution in [2.24, 2.45) is 0 Å². The van der Waals surface area contributed by atoms with Crippen molar-refractivity contribution in [1.82, 2.24) is 15.0 Å². The molecule has 0 aromatic carbocycles. The first-order chi connectivity index (χ1) is 9.61. The van der Waals surface area contributed by atoms with Crippen LogP contribution < -0.4 is 15.5 Å². The van der Waals surface area contributed by atoms with Gasteiger partial charge < -0.3 is 25.4 Å². The number of nitrogen functional groups attached to an aromatic ring is 1. The van der Waals surface area contributed by atoms with E-state index in [0.717, 1.165) is 13.1 Å². The average molecular weight is 282 g/mol. The highest BCUT2D eigenvalue weighted by Gasteiger charge is 2.19. The van der Waals surface area contributed by atoms with Crippen molar-refractivity contribution in [3.8, 4) is 0 Å². The summed E-state index contributed by atoms with van der Waals surface area (Å²) in [5, 5.41) is 9.16. The minimum atomic E-state index is 0.0383. The Morgan fingerprint density at radius 1 is 1.30 bits per heavy atom. The molecule has 1 aliphatic heterocycles. The summed E-state index contributed by atoms with van der Waals surface area (Å²) in [6.45, 7) is 7.33. The number of aliphatic hydroxyl groups excluding tert-OH is 1. The lowest BCUT2D eigenvalue weighted by Gasteiger charge is -2.29. The van der Waals surface area contributed by atoms with Crippen LogP contribution in [0.2, 0.25) is 0 Å². The van der Waals surface area contributed by atoms with Crippen LogP contribution in [-0.4, -0.2) is 65.6 Å². The second kappa shape index (κ2) is 6.67. The molecular weight excluding hydrogens is 260 g/mol. The minimum absolute atomic E-state index is 0.0383. The van der Waals surface area contributed by atoms with Gasteiger partial charge in [0.05, 0.1) is 19.8 Å². The topological polar surface area (TPSA) is 101 Å². The van der Waals surface area contributed by atoms with Crippen molar-refractivity contribution in [2.75, 3.05) is 55.0 Å². The van der Waals surface area contributed by atoms with Crippen LogP contribution in [0.4, 0.5) is 17.8 Å². The number of anilines is 3. The highest BCUT2D eigenvalue weighted by molar-refractivity contribution is 5.44. The van der Waals surface area contributed by atoms with Gasteiger partial charge in [0.2, 0.25) is 17.8 Å². The molecule has 20 heavy (non-hydrogen) atoms. The Labute approximate surface area is 118 Å². The molecule has 1 aromatic rings. The Morgan fingerprint density at radius 2 is 2.00 bits per heavy atom. The van der Waals surface area contributed by atoms with Crippen molar-refractivity contribution in [1.29, 1.82) is 0 Å². The average Bonchev–Trinajstić information content (AvgIpc) is 2.44. The predicted molar refractivity (Wildman–Crippen MR) is 76.8 cm³/mol. The third kappa shape index (κ3) is 3.45. The molecule has 2 rings (SSSR count). The van der Waals surface area contributed by atoms with Gasteiger partial charge >= 0.3 is 0 Å². The molecule has 1 aliphatic rings. The number of hydrogen-bond donors (Lipinski definition) is 2. The zero-order valence-electron chi connectivity index (χ0n) is 12.0. The number of aromatic nitrogens is 3. The fraction of sp³-hybridized carbons (Fsp3) is 0.750. The van der Waals surface area contributed by atoms with Gasteiger partial charge in [-0.3, -0.25) is 0 Å². The van der Waals surface area contributed by atoms with Crippen LogP contribution in [0, 0.1) is 0 Å². The first-order valence-corrected chi connectivity index (χ1v) is 6.83. The molecule has 1 fully saturated rings. The van der Waals surface area contributed by atoms with E-state index in [9.17, 15) is 0 Å². The first-order valence-electron chi connectivity index (χ1n) is 6.83. The van der Waals surface area contributed by atoms with Gasteiger partial charge in [-0.25, -0.2) is 0 Å². The molecule has 0 bridgehead atoms. The number of ether oxygens (including phenoxy) is 1. The fourth-order valence-electron chi connectivity index (χ4n) is 2.10. The molecule has 3 N–H and O–H groups in total. The summed E-state index contributed by atoms with van der Waals surface area (Å²) in [6.07, 6.45) is 0. The molecule has 0 unspecified atom stereocenters. The minimum Gasteiger partial charge on any atom is -0.395 e.